The molecule has 21 heavy (non-hydrogen) atoms. The summed E-state index contributed by atoms with van der Waals surface area (Å²) in [7, 11) is -3.18. The Morgan fingerprint density at radius 2 is 1.86 bits per heavy atom. The molecule has 2 aromatic rings. The molecule has 8 heteroatoms. The van der Waals surface area contributed by atoms with Crippen LogP contribution < -0.4 is 0 Å². The van der Waals surface area contributed by atoms with Crippen LogP contribution in [0, 0.1) is 0 Å². The highest BCUT2D eigenvalue weighted by Gasteiger charge is 2.28. The summed E-state index contributed by atoms with van der Waals surface area (Å²) in [6.07, 6.45) is 1.19. The molecule has 112 valence electrons. The molecule has 0 unspecified atom stereocenters. The Morgan fingerprint density at radius 3 is 2.52 bits per heavy atom. The number of hydrogen-bond donors (Lipinski definition) is 0. The van der Waals surface area contributed by atoms with Crippen LogP contribution in [0.3, 0.4) is 0 Å². The number of aromatic nitrogens is 1. The standard InChI is InChI=1S/C13H15N3O3S2/c1-21(18,19)16-8-6-15(7-9-16)13(17)12-10-4-2-3-5-11(10)20-14-12/h2-5H,6-9H2,1H3. The van der Waals surface area contributed by atoms with Crippen LogP contribution in [0.1, 0.15) is 10.5 Å². The lowest BCUT2D eigenvalue weighted by Crippen LogP contribution is -2.50. The summed E-state index contributed by atoms with van der Waals surface area (Å²) < 4.78 is 29.6. The SMILES string of the molecule is CS(=O)(=O)N1CCN(C(=O)c2nsc3ccccc23)CC1. The zero-order chi connectivity index (χ0) is 15.0. The molecule has 0 spiro atoms. The Labute approximate surface area is 127 Å². The van der Waals surface area contributed by atoms with Gasteiger partial charge in [-0.15, -0.1) is 0 Å². The number of carbonyl (C=O) groups excluding carboxylic acids is 1. The number of carbonyl (C=O) groups is 1. The number of fused-ring (bicyclic) bond motifs is 1. The van der Waals surface area contributed by atoms with Gasteiger partial charge in [0, 0.05) is 31.6 Å². The minimum Gasteiger partial charge on any atom is -0.335 e. The lowest BCUT2D eigenvalue weighted by atomic mass is 10.2. The number of piperazine rings is 1. The average Bonchev–Trinajstić information content (AvgIpc) is 2.90. The molecule has 1 fully saturated rings. The van der Waals surface area contributed by atoms with Gasteiger partial charge in [-0.05, 0) is 17.6 Å². The first-order chi connectivity index (χ1) is 9.97. The lowest BCUT2D eigenvalue weighted by Gasteiger charge is -2.32. The van der Waals surface area contributed by atoms with Gasteiger partial charge in [-0.25, -0.2) is 8.42 Å². The third-order valence-electron chi connectivity index (χ3n) is 3.57. The molecule has 0 saturated carbocycles. The summed E-state index contributed by atoms with van der Waals surface area (Å²) in [6, 6.07) is 7.62. The third-order valence-corrected chi connectivity index (χ3v) is 5.70. The third kappa shape index (κ3) is 2.78. The molecule has 1 aliphatic rings. The van der Waals surface area contributed by atoms with Crippen LogP contribution in [0.2, 0.25) is 0 Å². The van der Waals surface area contributed by atoms with E-state index in [1.54, 1.807) is 4.90 Å². The molecule has 0 N–H and O–H groups in total. The van der Waals surface area contributed by atoms with E-state index in [1.165, 1.54) is 22.1 Å². The largest absolute Gasteiger partial charge is 0.335 e. The van der Waals surface area contributed by atoms with Crippen LogP contribution in [0.4, 0.5) is 0 Å². The van der Waals surface area contributed by atoms with E-state index >= 15 is 0 Å². The molecule has 6 nitrogen and oxygen atoms in total. The van der Waals surface area contributed by atoms with Crippen LogP contribution in [0.25, 0.3) is 10.1 Å². The smallest absolute Gasteiger partial charge is 0.274 e. The van der Waals surface area contributed by atoms with E-state index in [0.29, 0.717) is 31.9 Å². The van der Waals surface area contributed by atoms with Crippen molar-refractivity contribution in [3.63, 3.8) is 0 Å². The maximum atomic E-state index is 12.5. The van der Waals surface area contributed by atoms with Crippen molar-refractivity contribution in [1.82, 2.24) is 13.6 Å². The predicted molar refractivity (Wildman–Crippen MR) is 81.9 cm³/mol. The molecule has 1 aliphatic heterocycles. The van der Waals surface area contributed by atoms with Gasteiger partial charge in [0.25, 0.3) is 5.91 Å². The van der Waals surface area contributed by atoms with Crippen LogP contribution in [-0.2, 0) is 10.0 Å². The molecule has 0 radical (unpaired) electrons. The average molecular weight is 325 g/mol. The number of rotatable bonds is 2. The molecule has 0 bridgehead atoms. The Bertz CT molecular complexity index is 777. The summed E-state index contributed by atoms with van der Waals surface area (Å²) in [6.45, 7) is 1.48. The monoisotopic (exact) mass is 325 g/mol. The summed E-state index contributed by atoms with van der Waals surface area (Å²) in [5.74, 6) is -0.124. The number of amides is 1. The molecule has 0 aliphatic carbocycles. The molecule has 1 aromatic heterocycles. The Morgan fingerprint density at radius 1 is 1.19 bits per heavy atom. The molecular formula is C13H15N3O3S2. The van der Waals surface area contributed by atoms with Gasteiger partial charge < -0.3 is 4.90 Å². The van der Waals surface area contributed by atoms with Gasteiger partial charge in [0.2, 0.25) is 10.0 Å². The molecule has 3 rings (SSSR count). The highest BCUT2D eigenvalue weighted by atomic mass is 32.2. The van der Waals surface area contributed by atoms with E-state index in [4.69, 9.17) is 0 Å². The first-order valence-corrected chi connectivity index (χ1v) is 9.18. The van der Waals surface area contributed by atoms with E-state index in [9.17, 15) is 13.2 Å². The Balaban J connectivity index is 1.78. The summed E-state index contributed by atoms with van der Waals surface area (Å²) in [4.78, 5) is 14.2. The van der Waals surface area contributed by atoms with E-state index in [1.807, 2.05) is 24.3 Å². The summed E-state index contributed by atoms with van der Waals surface area (Å²) in [5.41, 5.74) is 0.461. The van der Waals surface area contributed by atoms with Crippen LogP contribution >= 0.6 is 11.5 Å². The highest BCUT2D eigenvalue weighted by molar-refractivity contribution is 7.88. The van der Waals surface area contributed by atoms with Gasteiger partial charge in [-0.2, -0.15) is 8.68 Å². The van der Waals surface area contributed by atoms with Gasteiger partial charge in [-0.3, -0.25) is 4.79 Å². The van der Waals surface area contributed by atoms with Crippen molar-refractivity contribution in [2.75, 3.05) is 32.4 Å². The zero-order valence-corrected chi connectivity index (χ0v) is 13.2. The van der Waals surface area contributed by atoms with E-state index < -0.39 is 10.0 Å². The lowest BCUT2D eigenvalue weighted by molar-refractivity contribution is 0.0695. The number of nitrogens with zero attached hydrogens (tertiary/aromatic N) is 3. The van der Waals surface area contributed by atoms with Crippen molar-refractivity contribution >= 4 is 37.5 Å². The molecule has 1 saturated heterocycles. The van der Waals surface area contributed by atoms with Gasteiger partial charge in [0.1, 0.15) is 5.69 Å². The fraction of sp³-hybridized carbons (Fsp3) is 0.385. The quantitative estimate of drug-likeness (QED) is 0.826. The highest BCUT2D eigenvalue weighted by Crippen LogP contribution is 2.23. The second-order valence-electron chi connectivity index (χ2n) is 4.98. The maximum Gasteiger partial charge on any atom is 0.274 e. The fourth-order valence-electron chi connectivity index (χ4n) is 2.41. The minimum absolute atomic E-state index is 0.124. The van der Waals surface area contributed by atoms with Crippen molar-refractivity contribution in [3.8, 4) is 0 Å². The van der Waals surface area contributed by atoms with Gasteiger partial charge in [0.15, 0.2) is 0 Å². The fourth-order valence-corrected chi connectivity index (χ4v) is 4.01. The first-order valence-electron chi connectivity index (χ1n) is 6.55. The van der Waals surface area contributed by atoms with Crippen LogP contribution in [-0.4, -0.2) is 60.3 Å². The van der Waals surface area contributed by atoms with Crippen molar-refractivity contribution < 1.29 is 13.2 Å². The topological polar surface area (TPSA) is 70.6 Å². The molecule has 1 aromatic carbocycles. The predicted octanol–water partition coefficient (Wildman–Crippen LogP) is 1.01. The maximum absolute atomic E-state index is 12.5. The van der Waals surface area contributed by atoms with Crippen LogP contribution in [0.15, 0.2) is 24.3 Å². The molecular weight excluding hydrogens is 310 g/mol. The van der Waals surface area contributed by atoms with E-state index in [2.05, 4.69) is 4.37 Å². The van der Waals surface area contributed by atoms with Crippen molar-refractivity contribution in [3.05, 3.63) is 30.0 Å². The molecule has 0 atom stereocenters. The zero-order valence-electron chi connectivity index (χ0n) is 11.5. The first kappa shape index (κ1) is 14.4. The van der Waals surface area contributed by atoms with Crippen molar-refractivity contribution in [2.45, 2.75) is 0 Å². The minimum atomic E-state index is -3.18. The molecule has 1 amide bonds. The second-order valence-corrected chi connectivity index (χ2v) is 7.77. The second kappa shape index (κ2) is 5.36. The van der Waals surface area contributed by atoms with Crippen LogP contribution in [0.5, 0.6) is 0 Å². The number of benzene rings is 1. The van der Waals surface area contributed by atoms with Gasteiger partial charge in [0.05, 0.1) is 11.0 Å². The number of hydrogen-bond acceptors (Lipinski definition) is 5. The van der Waals surface area contributed by atoms with Gasteiger partial charge in [-0.1, -0.05) is 18.2 Å². The number of sulfonamides is 1. The normalized spacial score (nSPS) is 17.3. The van der Waals surface area contributed by atoms with Crippen molar-refractivity contribution in [1.29, 1.82) is 0 Å². The Hall–Kier alpha value is -1.51. The van der Waals surface area contributed by atoms with Gasteiger partial charge >= 0.3 is 0 Å². The Kier molecular flexibility index (Phi) is 3.68. The summed E-state index contributed by atoms with van der Waals surface area (Å²) >= 11 is 1.31. The van der Waals surface area contributed by atoms with Crippen molar-refractivity contribution in [2.24, 2.45) is 0 Å². The van der Waals surface area contributed by atoms with E-state index in [-0.39, 0.29) is 5.91 Å². The molecule has 2 heterocycles. The summed E-state index contributed by atoms with van der Waals surface area (Å²) in [5, 5.41) is 0.859. The van der Waals surface area contributed by atoms with E-state index in [0.717, 1.165) is 10.1 Å².